The van der Waals surface area contributed by atoms with Crippen LogP contribution in [0.4, 0.5) is 0 Å². The second kappa shape index (κ2) is 15.7. The van der Waals surface area contributed by atoms with Gasteiger partial charge in [0, 0.05) is 54.8 Å². The van der Waals surface area contributed by atoms with Crippen LogP contribution in [0.3, 0.4) is 0 Å². The molecule has 0 aliphatic rings. The number of aromatic nitrogens is 5. The molecule has 14 aromatic rings. The van der Waals surface area contributed by atoms with Gasteiger partial charge in [0.2, 0.25) is 5.95 Å². The Morgan fingerprint density at radius 1 is 0.232 bits per heavy atom. The Labute approximate surface area is 398 Å². The number of hydrogen-bond acceptors (Lipinski definition) is 2. The van der Waals surface area contributed by atoms with Crippen molar-refractivity contribution in [1.82, 2.24) is 23.7 Å². The topological polar surface area (TPSA) is 40.6 Å². The predicted octanol–water partition coefficient (Wildman–Crippen LogP) is 16.4. The first kappa shape index (κ1) is 38.9. The highest BCUT2D eigenvalue weighted by atomic mass is 15.2. The normalized spacial score (nSPS) is 11.8. The number of benzene rings is 10. The first-order valence-corrected chi connectivity index (χ1v) is 23.5. The molecule has 0 spiro atoms. The van der Waals surface area contributed by atoms with Crippen LogP contribution in [0.1, 0.15) is 0 Å². The molecule has 0 aliphatic carbocycles. The zero-order chi connectivity index (χ0) is 45.4. The maximum absolute atomic E-state index is 5.29. The highest BCUT2D eigenvalue weighted by Crippen LogP contribution is 2.44. The number of fused-ring (bicyclic) bond motifs is 10. The third-order valence-corrected chi connectivity index (χ3v) is 13.8. The van der Waals surface area contributed by atoms with E-state index >= 15 is 0 Å². The highest BCUT2D eigenvalue weighted by molar-refractivity contribution is 6.29. The standard InChI is InChI=1S/C64H41N5/c1-5-19-42(20-6-1)46-37-47(43-21-7-2-8-22-43)39-49(38-46)68-58-32-18-15-29-52(58)63-61(68)36-35-60-62(63)51-28-14-17-31-57(51)67(60)48-33-34-59-53(40-48)50-27-13-16-30-56(50)69(59)64-65-54(44-23-9-3-10-24-44)41-55(66-64)45-25-11-4-12-26-45/h1-41H. The van der Waals surface area contributed by atoms with Gasteiger partial charge in [-0.1, -0.05) is 176 Å². The number of rotatable bonds is 7. The van der Waals surface area contributed by atoms with Gasteiger partial charge < -0.3 is 9.13 Å². The van der Waals surface area contributed by atoms with Crippen LogP contribution in [0.25, 0.3) is 128 Å². The van der Waals surface area contributed by atoms with Crippen LogP contribution in [0.5, 0.6) is 0 Å². The third kappa shape index (κ3) is 6.25. The van der Waals surface area contributed by atoms with Crippen LogP contribution in [-0.2, 0) is 0 Å². The van der Waals surface area contributed by atoms with E-state index in [1.165, 1.54) is 54.8 Å². The average Bonchev–Trinajstić information content (AvgIpc) is 4.07. The van der Waals surface area contributed by atoms with E-state index in [4.69, 9.17) is 9.97 Å². The predicted molar refractivity (Wildman–Crippen MR) is 287 cm³/mol. The molecular weight excluding hydrogens is 839 g/mol. The molecule has 5 heteroatoms. The van der Waals surface area contributed by atoms with Crippen LogP contribution < -0.4 is 0 Å². The van der Waals surface area contributed by atoms with Crippen molar-refractivity contribution in [3.63, 3.8) is 0 Å². The van der Waals surface area contributed by atoms with Gasteiger partial charge in [-0.05, 0) is 95.1 Å². The second-order valence-corrected chi connectivity index (χ2v) is 17.8. The minimum atomic E-state index is 0.634. The number of hydrogen-bond donors (Lipinski definition) is 0. The summed E-state index contributed by atoms with van der Waals surface area (Å²) in [6.45, 7) is 0. The van der Waals surface area contributed by atoms with Gasteiger partial charge in [0.1, 0.15) is 0 Å². The number of para-hydroxylation sites is 3. The molecule has 0 unspecified atom stereocenters. The van der Waals surface area contributed by atoms with Crippen molar-refractivity contribution >= 4 is 65.4 Å². The summed E-state index contributed by atoms with van der Waals surface area (Å²) in [7, 11) is 0. The summed E-state index contributed by atoms with van der Waals surface area (Å²) in [6, 6.07) is 89.2. The van der Waals surface area contributed by atoms with E-state index in [2.05, 4.69) is 250 Å². The summed E-state index contributed by atoms with van der Waals surface area (Å²) in [5.41, 5.74) is 17.5. The number of nitrogens with zero attached hydrogens (tertiary/aromatic N) is 5. The van der Waals surface area contributed by atoms with Crippen molar-refractivity contribution in [3.05, 3.63) is 249 Å². The summed E-state index contributed by atoms with van der Waals surface area (Å²) >= 11 is 0. The molecule has 0 radical (unpaired) electrons. The van der Waals surface area contributed by atoms with Crippen molar-refractivity contribution in [2.24, 2.45) is 0 Å². The fourth-order valence-corrected chi connectivity index (χ4v) is 10.8. The molecule has 0 amide bonds. The van der Waals surface area contributed by atoms with Crippen molar-refractivity contribution in [2.45, 2.75) is 0 Å². The minimum Gasteiger partial charge on any atom is -0.309 e. The molecule has 0 saturated carbocycles. The molecule has 4 aromatic heterocycles. The molecular formula is C64H41N5. The Morgan fingerprint density at radius 2 is 0.623 bits per heavy atom. The van der Waals surface area contributed by atoms with Gasteiger partial charge >= 0.3 is 0 Å². The van der Waals surface area contributed by atoms with E-state index in [0.29, 0.717) is 5.95 Å². The van der Waals surface area contributed by atoms with Gasteiger partial charge in [0.15, 0.2) is 0 Å². The van der Waals surface area contributed by atoms with E-state index in [0.717, 1.165) is 66.7 Å². The molecule has 0 saturated heterocycles. The fourth-order valence-electron chi connectivity index (χ4n) is 10.8. The SMILES string of the molecule is c1ccc(-c2cc(-c3ccccc3)cc(-n3c4ccccc4c4c5c6ccccc6n(-c6ccc7c(c6)c6ccccc6n7-c6nc(-c7ccccc7)cc(-c7ccccc7)n6)c5ccc43)c2)cc1. The third-order valence-electron chi connectivity index (χ3n) is 13.8. The van der Waals surface area contributed by atoms with Gasteiger partial charge in [0.05, 0.1) is 44.5 Å². The molecule has 0 fully saturated rings. The second-order valence-electron chi connectivity index (χ2n) is 17.8. The van der Waals surface area contributed by atoms with Crippen LogP contribution in [-0.4, -0.2) is 23.7 Å². The van der Waals surface area contributed by atoms with E-state index in [1.54, 1.807) is 0 Å². The fraction of sp³-hybridized carbons (Fsp3) is 0. The van der Waals surface area contributed by atoms with Crippen molar-refractivity contribution in [3.8, 4) is 62.1 Å². The Bertz CT molecular complexity index is 4160. The lowest BCUT2D eigenvalue weighted by Gasteiger charge is -2.14. The average molecular weight is 880 g/mol. The summed E-state index contributed by atoms with van der Waals surface area (Å²) in [5.74, 6) is 0.634. The summed E-state index contributed by atoms with van der Waals surface area (Å²) in [4.78, 5) is 10.6. The van der Waals surface area contributed by atoms with Gasteiger partial charge in [-0.25, -0.2) is 9.97 Å². The first-order valence-electron chi connectivity index (χ1n) is 23.5. The lowest BCUT2D eigenvalue weighted by molar-refractivity contribution is 0.995. The molecule has 10 aromatic carbocycles. The van der Waals surface area contributed by atoms with E-state index < -0.39 is 0 Å². The Balaban J connectivity index is 0.997. The van der Waals surface area contributed by atoms with Crippen molar-refractivity contribution < 1.29 is 0 Å². The monoisotopic (exact) mass is 879 g/mol. The largest absolute Gasteiger partial charge is 0.309 e. The Hall–Kier alpha value is -9.32. The van der Waals surface area contributed by atoms with Crippen LogP contribution in [0.15, 0.2) is 249 Å². The maximum atomic E-state index is 5.29. The minimum absolute atomic E-state index is 0.634. The van der Waals surface area contributed by atoms with E-state index in [-0.39, 0.29) is 0 Å². The smallest absolute Gasteiger partial charge is 0.235 e. The van der Waals surface area contributed by atoms with E-state index in [9.17, 15) is 0 Å². The lowest BCUT2D eigenvalue weighted by atomic mass is 9.98. The van der Waals surface area contributed by atoms with Gasteiger partial charge in [-0.15, -0.1) is 0 Å². The molecule has 0 aliphatic heterocycles. The Kier molecular flexibility index (Phi) is 8.83. The van der Waals surface area contributed by atoms with Crippen LogP contribution >= 0.6 is 0 Å². The molecule has 5 nitrogen and oxygen atoms in total. The van der Waals surface area contributed by atoms with E-state index in [1.807, 2.05) is 12.1 Å². The molecule has 4 heterocycles. The van der Waals surface area contributed by atoms with Crippen molar-refractivity contribution in [1.29, 1.82) is 0 Å². The summed E-state index contributed by atoms with van der Waals surface area (Å²) < 4.78 is 7.15. The highest BCUT2D eigenvalue weighted by Gasteiger charge is 2.23. The summed E-state index contributed by atoms with van der Waals surface area (Å²) in [5, 5.41) is 7.19. The lowest BCUT2D eigenvalue weighted by Crippen LogP contribution is -2.04. The first-order chi connectivity index (χ1) is 34.2. The zero-order valence-electron chi connectivity index (χ0n) is 37.4. The van der Waals surface area contributed by atoms with Gasteiger partial charge in [-0.3, -0.25) is 4.57 Å². The molecule has 0 bridgehead atoms. The molecule has 69 heavy (non-hydrogen) atoms. The van der Waals surface area contributed by atoms with Gasteiger partial charge in [-0.2, -0.15) is 0 Å². The molecule has 0 N–H and O–H groups in total. The van der Waals surface area contributed by atoms with Crippen LogP contribution in [0.2, 0.25) is 0 Å². The quantitative estimate of drug-likeness (QED) is 0.160. The Morgan fingerprint density at radius 3 is 1.13 bits per heavy atom. The molecule has 14 rings (SSSR count). The van der Waals surface area contributed by atoms with Gasteiger partial charge in [0.25, 0.3) is 0 Å². The van der Waals surface area contributed by atoms with Crippen LogP contribution in [0, 0.1) is 0 Å². The molecule has 0 atom stereocenters. The maximum Gasteiger partial charge on any atom is 0.235 e. The molecule has 322 valence electrons. The zero-order valence-corrected chi connectivity index (χ0v) is 37.4. The summed E-state index contributed by atoms with van der Waals surface area (Å²) in [6.07, 6.45) is 0. The van der Waals surface area contributed by atoms with Crippen molar-refractivity contribution in [2.75, 3.05) is 0 Å².